The molecule has 1 aromatic heterocycles. The Labute approximate surface area is 123 Å². The average Bonchev–Trinajstić information content (AvgIpc) is 3.09. The quantitative estimate of drug-likeness (QED) is 0.723. The van der Waals surface area contributed by atoms with Gasteiger partial charge in [0.25, 0.3) is 0 Å². The van der Waals surface area contributed by atoms with Gasteiger partial charge in [0.15, 0.2) is 0 Å². The van der Waals surface area contributed by atoms with E-state index in [0.29, 0.717) is 11.9 Å². The van der Waals surface area contributed by atoms with Crippen molar-refractivity contribution in [3.8, 4) is 0 Å². The zero-order chi connectivity index (χ0) is 13.4. The van der Waals surface area contributed by atoms with Crippen LogP contribution in [0.2, 0.25) is 5.02 Å². The summed E-state index contributed by atoms with van der Waals surface area (Å²) in [6.07, 6.45) is 4.81. The first kappa shape index (κ1) is 13.3. The number of hydrogen-bond acceptors (Lipinski definition) is 1. The standard InChI is InChI=1S/C15H18Cl2N2/c1-10(8-11-2-3-11)19-14-5-4-12(17)9-13(14)18-15(19)6-7-16/h4-5,9-11H,2-3,6-8H2,1H3. The maximum Gasteiger partial charge on any atom is 0.111 e. The number of alkyl halides is 1. The van der Waals surface area contributed by atoms with E-state index in [4.69, 9.17) is 28.2 Å². The maximum atomic E-state index is 6.06. The van der Waals surface area contributed by atoms with Gasteiger partial charge in [-0.2, -0.15) is 0 Å². The summed E-state index contributed by atoms with van der Waals surface area (Å²) in [6, 6.07) is 6.44. The summed E-state index contributed by atoms with van der Waals surface area (Å²) in [4.78, 5) is 4.71. The van der Waals surface area contributed by atoms with Crippen LogP contribution in [0.15, 0.2) is 18.2 Å². The van der Waals surface area contributed by atoms with E-state index in [-0.39, 0.29) is 0 Å². The Bertz CT molecular complexity index is 587. The van der Waals surface area contributed by atoms with E-state index in [0.717, 1.165) is 28.7 Å². The number of imidazole rings is 1. The first-order chi connectivity index (χ1) is 9.19. The molecule has 1 aromatic carbocycles. The predicted octanol–water partition coefficient (Wildman–Crippen LogP) is 4.83. The van der Waals surface area contributed by atoms with Gasteiger partial charge in [-0.1, -0.05) is 24.4 Å². The molecule has 1 aliphatic rings. The van der Waals surface area contributed by atoms with Gasteiger partial charge in [0.1, 0.15) is 5.82 Å². The van der Waals surface area contributed by atoms with Crippen LogP contribution in [0.5, 0.6) is 0 Å². The Balaban J connectivity index is 2.04. The fourth-order valence-electron chi connectivity index (χ4n) is 2.82. The molecule has 1 unspecified atom stereocenters. The summed E-state index contributed by atoms with van der Waals surface area (Å²) in [7, 11) is 0. The Morgan fingerprint density at radius 2 is 2.21 bits per heavy atom. The SMILES string of the molecule is CC(CC1CC1)n1c(CCCl)nc2cc(Cl)ccc21. The monoisotopic (exact) mass is 296 g/mol. The number of benzene rings is 1. The van der Waals surface area contributed by atoms with E-state index >= 15 is 0 Å². The summed E-state index contributed by atoms with van der Waals surface area (Å²) in [6.45, 7) is 2.28. The molecule has 4 heteroatoms. The van der Waals surface area contributed by atoms with Crippen molar-refractivity contribution >= 4 is 34.2 Å². The van der Waals surface area contributed by atoms with Crippen LogP contribution in [0.25, 0.3) is 11.0 Å². The van der Waals surface area contributed by atoms with E-state index in [1.54, 1.807) is 0 Å². The second-order valence-electron chi connectivity index (χ2n) is 5.50. The van der Waals surface area contributed by atoms with Crippen molar-refractivity contribution in [2.75, 3.05) is 5.88 Å². The summed E-state index contributed by atoms with van der Waals surface area (Å²) in [5.74, 6) is 2.59. The van der Waals surface area contributed by atoms with E-state index in [2.05, 4.69) is 17.6 Å². The molecule has 2 aromatic rings. The number of nitrogens with zero attached hydrogens (tertiary/aromatic N) is 2. The van der Waals surface area contributed by atoms with Crippen LogP contribution in [0.3, 0.4) is 0 Å². The highest BCUT2D eigenvalue weighted by molar-refractivity contribution is 6.31. The van der Waals surface area contributed by atoms with Gasteiger partial charge in [0.2, 0.25) is 0 Å². The fraction of sp³-hybridized carbons (Fsp3) is 0.533. The topological polar surface area (TPSA) is 17.8 Å². The van der Waals surface area contributed by atoms with Crippen LogP contribution < -0.4 is 0 Å². The molecule has 0 N–H and O–H groups in total. The molecule has 1 atom stereocenters. The van der Waals surface area contributed by atoms with Crippen molar-refractivity contribution in [3.05, 3.63) is 29.0 Å². The highest BCUT2D eigenvalue weighted by Crippen LogP contribution is 2.38. The molecule has 0 spiro atoms. The second-order valence-corrected chi connectivity index (χ2v) is 6.31. The third kappa shape index (κ3) is 2.75. The zero-order valence-electron chi connectivity index (χ0n) is 11.1. The normalized spacial score (nSPS) is 17.0. The van der Waals surface area contributed by atoms with Gasteiger partial charge < -0.3 is 4.57 Å². The van der Waals surface area contributed by atoms with Crippen molar-refractivity contribution in [1.82, 2.24) is 9.55 Å². The van der Waals surface area contributed by atoms with E-state index in [9.17, 15) is 0 Å². The summed E-state index contributed by atoms with van der Waals surface area (Å²) < 4.78 is 2.35. The highest BCUT2D eigenvalue weighted by atomic mass is 35.5. The van der Waals surface area contributed by atoms with Crippen molar-refractivity contribution < 1.29 is 0 Å². The molecule has 1 saturated carbocycles. The molecule has 1 heterocycles. The molecule has 1 aliphatic carbocycles. The van der Waals surface area contributed by atoms with Crippen molar-refractivity contribution in [2.45, 2.75) is 38.6 Å². The smallest absolute Gasteiger partial charge is 0.111 e. The number of fused-ring (bicyclic) bond motifs is 1. The number of hydrogen-bond donors (Lipinski definition) is 0. The highest BCUT2D eigenvalue weighted by Gasteiger charge is 2.26. The molecular formula is C15H18Cl2N2. The third-order valence-electron chi connectivity index (χ3n) is 3.85. The lowest BCUT2D eigenvalue weighted by atomic mass is 10.1. The van der Waals surface area contributed by atoms with E-state index in [1.807, 2.05) is 12.1 Å². The molecule has 0 aliphatic heterocycles. The molecule has 102 valence electrons. The summed E-state index contributed by atoms with van der Waals surface area (Å²) in [5.41, 5.74) is 2.16. The van der Waals surface area contributed by atoms with E-state index < -0.39 is 0 Å². The van der Waals surface area contributed by atoms with Crippen LogP contribution in [-0.2, 0) is 6.42 Å². The molecule has 1 fully saturated rings. The average molecular weight is 297 g/mol. The van der Waals surface area contributed by atoms with Crippen LogP contribution in [0, 0.1) is 5.92 Å². The second kappa shape index (κ2) is 5.34. The van der Waals surface area contributed by atoms with Gasteiger partial charge in [-0.3, -0.25) is 0 Å². The number of aryl methyl sites for hydroxylation is 1. The Morgan fingerprint density at radius 1 is 1.42 bits per heavy atom. The molecule has 0 saturated heterocycles. The molecule has 0 radical (unpaired) electrons. The minimum atomic E-state index is 0.483. The lowest BCUT2D eigenvalue weighted by molar-refractivity contribution is 0.473. The third-order valence-corrected chi connectivity index (χ3v) is 4.28. The van der Waals surface area contributed by atoms with Gasteiger partial charge >= 0.3 is 0 Å². The van der Waals surface area contributed by atoms with Gasteiger partial charge in [0.05, 0.1) is 11.0 Å². The molecule has 2 nitrogen and oxygen atoms in total. The lowest BCUT2D eigenvalue weighted by Crippen LogP contribution is -2.10. The number of rotatable bonds is 5. The Hall–Kier alpha value is -0.730. The zero-order valence-corrected chi connectivity index (χ0v) is 12.6. The summed E-state index contributed by atoms with van der Waals surface area (Å²) in [5, 5.41) is 0.740. The molecule has 0 amide bonds. The summed E-state index contributed by atoms with van der Waals surface area (Å²) >= 11 is 12.0. The largest absolute Gasteiger partial charge is 0.325 e. The first-order valence-corrected chi connectivity index (χ1v) is 7.82. The fourth-order valence-corrected chi connectivity index (χ4v) is 3.15. The van der Waals surface area contributed by atoms with Gasteiger partial charge in [-0.25, -0.2) is 4.98 Å². The maximum absolute atomic E-state index is 6.06. The van der Waals surface area contributed by atoms with Gasteiger partial charge in [-0.15, -0.1) is 11.6 Å². The predicted molar refractivity (Wildman–Crippen MR) is 81.2 cm³/mol. The lowest BCUT2D eigenvalue weighted by Gasteiger charge is -2.17. The van der Waals surface area contributed by atoms with Crippen molar-refractivity contribution in [2.24, 2.45) is 5.92 Å². The molecule has 3 rings (SSSR count). The minimum absolute atomic E-state index is 0.483. The Morgan fingerprint density at radius 3 is 2.89 bits per heavy atom. The minimum Gasteiger partial charge on any atom is -0.325 e. The number of halogens is 2. The van der Waals surface area contributed by atoms with Crippen molar-refractivity contribution in [1.29, 1.82) is 0 Å². The molecular weight excluding hydrogens is 279 g/mol. The van der Waals surface area contributed by atoms with Gasteiger partial charge in [0, 0.05) is 23.4 Å². The number of aromatic nitrogens is 2. The van der Waals surface area contributed by atoms with Crippen LogP contribution in [0.4, 0.5) is 0 Å². The van der Waals surface area contributed by atoms with Gasteiger partial charge in [-0.05, 0) is 37.5 Å². The molecule has 0 bridgehead atoms. The van der Waals surface area contributed by atoms with Crippen LogP contribution in [0.1, 0.15) is 38.1 Å². The van der Waals surface area contributed by atoms with Crippen LogP contribution >= 0.6 is 23.2 Å². The Kier molecular flexibility index (Phi) is 3.72. The van der Waals surface area contributed by atoms with Crippen LogP contribution in [-0.4, -0.2) is 15.4 Å². The van der Waals surface area contributed by atoms with Crippen molar-refractivity contribution in [3.63, 3.8) is 0 Å². The van der Waals surface area contributed by atoms with E-state index in [1.165, 1.54) is 24.8 Å². The molecule has 19 heavy (non-hydrogen) atoms. The first-order valence-electron chi connectivity index (χ1n) is 6.91.